The van der Waals surface area contributed by atoms with Gasteiger partial charge in [0.2, 0.25) is 0 Å². The molecule has 11 heavy (non-hydrogen) atoms. The quantitative estimate of drug-likeness (QED) is 0.693. The maximum absolute atomic E-state index is 4.20. The summed E-state index contributed by atoms with van der Waals surface area (Å²) in [6, 6.07) is 0. The van der Waals surface area contributed by atoms with E-state index in [0.717, 1.165) is 18.8 Å². The van der Waals surface area contributed by atoms with Crippen molar-refractivity contribution in [2.45, 2.75) is 20.4 Å². The number of likely N-dealkylation sites (N-methyl/N-ethyl adjacent to an activating group) is 1. The average molecular weight is 153 g/mol. The number of hydrogen-bond acceptors (Lipinski definition) is 2. The molecule has 1 N–H and O–H groups in total. The fourth-order valence-corrected chi connectivity index (χ4v) is 1.00. The molecule has 0 saturated heterocycles. The second-order valence-corrected chi connectivity index (χ2v) is 2.71. The fraction of sp³-hybridized carbons (Fsp3) is 0.625. The molecule has 3 nitrogen and oxygen atoms in total. The number of imidazole rings is 1. The summed E-state index contributed by atoms with van der Waals surface area (Å²) in [6.07, 6.45) is 1.89. The summed E-state index contributed by atoms with van der Waals surface area (Å²) in [5.74, 6) is 0. The third-order valence-corrected chi connectivity index (χ3v) is 1.95. The Morgan fingerprint density at radius 2 is 2.27 bits per heavy atom. The van der Waals surface area contributed by atoms with E-state index in [-0.39, 0.29) is 0 Å². The molecular formula is C8H15N3. The zero-order chi connectivity index (χ0) is 8.27. The van der Waals surface area contributed by atoms with Gasteiger partial charge in [-0.25, -0.2) is 4.98 Å². The van der Waals surface area contributed by atoms with Gasteiger partial charge in [-0.1, -0.05) is 0 Å². The first kappa shape index (κ1) is 8.27. The van der Waals surface area contributed by atoms with Gasteiger partial charge >= 0.3 is 0 Å². The highest BCUT2D eigenvalue weighted by molar-refractivity contribution is 5.08. The van der Waals surface area contributed by atoms with Crippen LogP contribution in [0.15, 0.2) is 6.33 Å². The monoisotopic (exact) mass is 153 g/mol. The molecule has 0 aliphatic rings. The molecule has 0 fully saturated rings. The molecule has 0 aliphatic carbocycles. The van der Waals surface area contributed by atoms with E-state index in [1.807, 2.05) is 20.3 Å². The highest BCUT2D eigenvalue weighted by Crippen LogP contribution is 2.02. The van der Waals surface area contributed by atoms with Crippen LogP contribution in [0.25, 0.3) is 0 Å². The lowest BCUT2D eigenvalue weighted by molar-refractivity contribution is 0.631. The molecule has 3 heteroatoms. The van der Waals surface area contributed by atoms with Crippen molar-refractivity contribution in [2.24, 2.45) is 0 Å². The minimum atomic E-state index is 0.997. The van der Waals surface area contributed by atoms with E-state index >= 15 is 0 Å². The summed E-state index contributed by atoms with van der Waals surface area (Å²) < 4.78 is 2.16. The second-order valence-electron chi connectivity index (χ2n) is 2.71. The summed E-state index contributed by atoms with van der Waals surface area (Å²) in [5, 5.41) is 3.10. The molecule has 0 unspecified atom stereocenters. The van der Waals surface area contributed by atoms with Crippen LogP contribution < -0.4 is 5.32 Å². The maximum atomic E-state index is 4.20. The van der Waals surface area contributed by atoms with E-state index in [1.165, 1.54) is 5.69 Å². The first-order chi connectivity index (χ1) is 5.25. The third kappa shape index (κ3) is 1.80. The van der Waals surface area contributed by atoms with Crippen LogP contribution in [0.5, 0.6) is 0 Å². The Morgan fingerprint density at radius 1 is 1.55 bits per heavy atom. The van der Waals surface area contributed by atoms with Crippen molar-refractivity contribution in [2.75, 3.05) is 13.6 Å². The van der Waals surface area contributed by atoms with Crippen molar-refractivity contribution in [3.05, 3.63) is 17.7 Å². The smallest absolute Gasteiger partial charge is 0.0951 e. The summed E-state index contributed by atoms with van der Waals surface area (Å²) in [5.41, 5.74) is 2.39. The summed E-state index contributed by atoms with van der Waals surface area (Å²) in [4.78, 5) is 4.20. The summed E-state index contributed by atoms with van der Waals surface area (Å²) in [6.45, 7) is 6.13. The van der Waals surface area contributed by atoms with E-state index in [1.54, 1.807) is 0 Å². The van der Waals surface area contributed by atoms with Gasteiger partial charge in [0.05, 0.1) is 12.0 Å². The lowest BCUT2D eigenvalue weighted by Crippen LogP contribution is -2.15. The number of rotatable bonds is 3. The van der Waals surface area contributed by atoms with Crippen molar-refractivity contribution in [1.29, 1.82) is 0 Å². The Kier molecular flexibility index (Phi) is 2.65. The van der Waals surface area contributed by atoms with Gasteiger partial charge in [0.15, 0.2) is 0 Å². The summed E-state index contributed by atoms with van der Waals surface area (Å²) >= 11 is 0. The van der Waals surface area contributed by atoms with Crippen molar-refractivity contribution < 1.29 is 0 Å². The zero-order valence-corrected chi connectivity index (χ0v) is 7.39. The molecule has 0 amide bonds. The molecule has 0 saturated carbocycles. The molecule has 62 valence electrons. The normalized spacial score (nSPS) is 10.5. The molecular weight excluding hydrogens is 138 g/mol. The third-order valence-electron chi connectivity index (χ3n) is 1.95. The van der Waals surface area contributed by atoms with Crippen molar-refractivity contribution in [1.82, 2.24) is 14.9 Å². The molecule has 0 aliphatic heterocycles. The Bertz CT molecular complexity index is 227. The van der Waals surface area contributed by atoms with Gasteiger partial charge in [0.1, 0.15) is 0 Å². The standard InChI is InChI=1S/C8H15N3/c1-7-8(2)11(6-10-7)5-4-9-3/h6,9H,4-5H2,1-3H3. The number of aryl methyl sites for hydroxylation is 1. The number of aromatic nitrogens is 2. The molecule has 1 heterocycles. The van der Waals surface area contributed by atoms with Crippen LogP contribution in [0.4, 0.5) is 0 Å². The summed E-state index contributed by atoms with van der Waals surface area (Å²) in [7, 11) is 1.96. The molecule has 0 atom stereocenters. The zero-order valence-electron chi connectivity index (χ0n) is 7.39. The molecule has 0 bridgehead atoms. The molecule has 1 rings (SSSR count). The van der Waals surface area contributed by atoms with Crippen molar-refractivity contribution >= 4 is 0 Å². The molecule has 0 spiro atoms. The van der Waals surface area contributed by atoms with Gasteiger partial charge in [0.25, 0.3) is 0 Å². The lowest BCUT2D eigenvalue weighted by atomic mass is 10.4. The second kappa shape index (κ2) is 3.53. The van der Waals surface area contributed by atoms with Gasteiger partial charge in [-0.2, -0.15) is 0 Å². The van der Waals surface area contributed by atoms with Crippen LogP contribution in [0.3, 0.4) is 0 Å². The molecule has 0 radical (unpaired) electrons. The van der Waals surface area contributed by atoms with Crippen LogP contribution in [0.2, 0.25) is 0 Å². The average Bonchev–Trinajstić information content (AvgIpc) is 2.31. The van der Waals surface area contributed by atoms with Gasteiger partial charge < -0.3 is 9.88 Å². The van der Waals surface area contributed by atoms with Gasteiger partial charge in [0, 0.05) is 18.8 Å². The highest BCUT2D eigenvalue weighted by Gasteiger charge is 1.99. The minimum absolute atomic E-state index is 0.997. The van der Waals surface area contributed by atoms with E-state index in [0.29, 0.717) is 0 Å². The first-order valence-corrected chi connectivity index (χ1v) is 3.88. The Hall–Kier alpha value is -0.830. The molecule has 0 aromatic carbocycles. The first-order valence-electron chi connectivity index (χ1n) is 3.88. The maximum Gasteiger partial charge on any atom is 0.0951 e. The van der Waals surface area contributed by atoms with Crippen molar-refractivity contribution in [3.63, 3.8) is 0 Å². The Morgan fingerprint density at radius 3 is 2.73 bits per heavy atom. The van der Waals surface area contributed by atoms with Crippen molar-refractivity contribution in [3.8, 4) is 0 Å². The predicted octanol–water partition coefficient (Wildman–Crippen LogP) is 0.719. The van der Waals surface area contributed by atoms with Crippen LogP contribution in [-0.2, 0) is 6.54 Å². The molecule has 1 aromatic rings. The van der Waals surface area contributed by atoms with E-state index in [4.69, 9.17) is 0 Å². The highest BCUT2D eigenvalue weighted by atomic mass is 15.1. The number of nitrogens with zero attached hydrogens (tertiary/aromatic N) is 2. The van der Waals surface area contributed by atoms with Gasteiger partial charge in [-0.05, 0) is 20.9 Å². The van der Waals surface area contributed by atoms with E-state index < -0.39 is 0 Å². The largest absolute Gasteiger partial charge is 0.333 e. The van der Waals surface area contributed by atoms with Crippen LogP contribution >= 0.6 is 0 Å². The fourth-order valence-electron chi connectivity index (χ4n) is 1.00. The Labute approximate surface area is 67.4 Å². The topological polar surface area (TPSA) is 29.9 Å². The predicted molar refractivity (Wildman–Crippen MR) is 45.6 cm³/mol. The van der Waals surface area contributed by atoms with Gasteiger partial charge in [-0.15, -0.1) is 0 Å². The van der Waals surface area contributed by atoms with Gasteiger partial charge in [-0.3, -0.25) is 0 Å². The molecule has 1 aromatic heterocycles. The van der Waals surface area contributed by atoms with Crippen LogP contribution in [-0.4, -0.2) is 23.1 Å². The number of hydrogen-bond donors (Lipinski definition) is 1. The Balaban J connectivity index is 2.63. The van der Waals surface area contributed by atoms with E-state index in [9.17, 15) is 0 Å². The SMILES string of the molecule is CNCCn1cnc(C)c1C. The number of nitrogens with one attached hydrogen (secondary N) is 1. The van der Waals surface area contributed by atoms with Crippen LogP contribution in [0.1, 0.15) is 11.4 Å². The van der Waals surface area contributed by atoms with E-state index in [2.05, 4.69) is 21.8 Å². The minimum Gasteiger partial charge on any atom is -0.333 e. The lowest BCUT2D eigenvalue weighted by Gasteiger charge is -2.03. The van der Waals surface area contributed by atoms with Crippen LogP contribution in [0, 0.1) is 13.8 Å².